The average Bonchev–Trinajstić information content (AvgIpc) is 3.14. The molecule has 0 bridgehead atoms. The lowest BCUT2D eigenvalue weighted by atomic mass is 10.1. The molecule has 1 aliphatic heterocycles. The third-order valence-electron chi connectivity index (χ3n) is 3.68. The van der Waals surface area contributed by atoms with Crippen molar-refractivity contribution in [2.45, 2.75) is 19.3 Å². The van der Waals surface area contributed by atoms with Crippen LogP contribution in [0, 0.1) is 18.6 Å². The van der Waals surface area contributed by atoms with Crippen LogP contribution in [0.4, 0.5) is 8.78 Å². The number of likely N-dealkylation sites (tertiary alicyclic amines) is 1. The number of benzene rings is 1. The number of hydrogen-bond donors (Lipinski definition) is 0. The molecule has 23 heavy (non-hydrogen) atoms. The number of carbonyl (C=O) groups is 1. The van der Waals surface area contributed by atoms with Gasteiger partial charge in [0.2, 0.25) is 5.89 Å². The van der Waals surface area contributed by atoms with Gasteiger partial charge in [-0.2, -0.15) is 4.98 Å². The van der Waals surface area contributed by atoms with Crippen LogP contribution in [0.1, 0.15) is 24.1 Å². The minimum absolute atomic E-state index is 0.00251. The zero-order chi connectivity index (χ0) is 16.4. The highest BCUT2D eigenvalue weighted by atomic mass is 19.1. The fraction of sp³-hybridized carbons (Fsp3) is 0.400. The van der Waals surface area contributed by atoms with Gasteiger partial charge < -0.3 is 14.2 Å². The topological polar surface area (TPSA) is 68.5 Å². The molecule has 2 aromatic rings. The van der Waals surface area contributed by atoms with Gasteiger partial charge in [-0.15, -0.1) is 0 Å². The Labute approximate surface area is 131 Å². The SMILES string of the molecule is Cc1noc([C@H]2CCN(C(=O)COc3ccc(F)cc3F)C2)n1. The van der Waals surface area contributed by atoms with Gasteiger partial charge in [0.1, 0.15) is 5.82 Å². The molecule has 6 nitrogen and oxygen atoms in total. The van der Waals surface area contributed by atoms with Crippen LogP contribution in [0.15, 0.2) is 22.7 Å². The standard InChI is InChI=1S/C15H15F2N3O3/c1-9-18-15(23-19-9)10-4-5-20(7-10)14(21)8-22-13-3-2-11(16)6-12(13)17/h2-3,6,10H,4-5,7-8H2,1H3/t10-/m0/s1. The smallest absolute Gasteiger partial charge is 0.260 e. The number of carbonyl (C=O) groups excluding carboxylic acids is 1. The lowest BCUT2D eigenvalue weighted by Crippen LogP contribution is -2.33. The molecule has 1 fully saturated rings. The Hall–Kier alpha value is -2.51. The van der Waals surface area contributed by atoms with E-state index in [9.17, 15) is 13.6 Å². The molecule has 2 heterocycles. The summed E-state index contributed by atoms with van der Waals surface area (Å²) < 4.78 is 36.5. The zero-order valence-electron chi connectivity index (χ0n) is 12.5. The Balaban J connectivity index is 1.55. The fourth-order valence-electron chi connectivity index (χ4n) is 2.49. The number of nitrogens with zero attached hydrogens (tertiary/aromatic N) is 3. The van der Waals surface area contributed by atoms with E-state index in [1.54, 1.807) is 11.8 Å². The van der Waals surface area contributed by atoms with Gasteiger partial charge in [-0.1, -0.05) is 5.16 Å². The largest absolute Gasteiger partial charge is 0.481 e. The van der Waals surface area contributed by atoms with Crippen LogP contribution in [0.2, 0.25) is 0 Å². The van der Waals surface area contributed by atoms with Crippen LogP contribution in [-0.2, 0) is 4.79 Å². The molecule has 1 aromatic carbocycles. The van der Waals surface area contributed by atoms with E-state index in [2.05, 4.69) is 10.1 Å². The number of aryl methyl sites for hydroxylation is 1. The van der Waals surface area contributed by atoms with Crippen molar-refractivity contribution in [3.63, 3.8) is 0 Å². The maximum absolute atomic E-state index is 13.4. The summed E-state index contributed by atoms with van der Waals surface area (Å²) in [6.45, 7) is 2.42. The van der Waals surface area contributed by atoms with Crippen LogP contribution in [0.3, 0.4) is 0 Å². The third-order valence-corrected chi connectivity index (χ3v) is 3.68. The summed E-state index contributed by atoms with van der Waals surface area (Å²) in [6, 6.07) is 2.95. The first-order valence-corrected chi connectivity index (χ1v) is 7.19. The molecule has 1 aliphatic rings. The van der Waals surface area contributed by atoms with E-state index in [1.807, 2.05) is 0 Å². The monoisotopic (exact) mass is 323 g/mol. The number of amides is 1. The van der Waals surface area contributed by atoms with Gasteiger partial charge in [-0.05, 0) is 25.5 Å². The van der Waals surface area contributed by atoms with E-state index in [0.717, 1.165) is 18.6 Å². The molecule has 8 heteroatoms. The molecule has 1 atom stereocenters. The molecule has 0 unspecified atom stereocenters. The van der Waals surface area contributed by atoms with Crippen molar-refractivity contribution >= 4 is 5.91 Å². The van der Waals surface area contributed by atoms with E-state index in [-0.39, 0.29) is 24.2 Å². The van der Waals surface area contributed by atoms with Crippen molar-refractivity contribution < 1.29 is 22.8 Å². The second-order valence-corrected chi connectivity index (χ2v) is 5.37. The summed E-state index contributed by atoms with van der Waals surface area (Å²) in [4.78, 5) is 17.9. The first kappa shape index (κ1) is 15.4. The van der Waals surface area contributed by atoms with Gasteiger partial charge in [-0.3, -0.25) is 4.79 Å². The highest BCUT2D eigenvalue weighted by molar-refractivity contribution is 5.78. The van der Waals surface area contributed by atoms with Gasteiger partial charge in [-0.25, -0.2) is 8.78 Å². The summed E-state index contributed by atoms with van der Waals surface area (Å²) in [5.41, 5.74) is 0. The van der Waals surface area contributed by atoms with Gasteiger partial charge in [0, 0.05) is 19.2 Å². The van der Waals surface area contributed by atoms with Crippen molar-refractivity contribution in [3.8, 4) is 5.75 Å². The molecule has 0 saturated carbocycles. The maximum Gasteiger partial charge on any atom is 0.260 e. The second-order valence-electron chi connectivity index (χ2n) is 5.37. The van der Waals surface area contributed by atoms with Crippen LogP contribution < -0.4 is 4.74 Å². The first-order valence-electron chi connectivity index (χ1n) is 7.19. The summed E-state index contributed by atoms with van der Waals surface area (Å²) in [6.07, 6.45) is 0.721. The quantitative estimate of drug-likeness (QED) is 0.861. The molecule has 1 saturated heterocycles. The summed E-state index contributed by atoms with van der Waals surface area (Å²) in [7, 11) is 0. The third kappa shape index (κ3) is 3.46. The highest BCUT2D eigenvalue weighted by Crippen LogP contribution is 2.26. The fourth-order valence-corrected chi connectivity index (χ4v) is 2.49. The summed E-state index contributed by atoms with van der Waals surface area (Å²) >= 11 is 0. The number of aromatic nitrogens is 2. The molecular formula is C15H15F2N3O3. The minimum Gasteiger partial charge on any atom is -0.481 e. The van der Waals surface area contributed by atoms with Crippen molar-refractivity contribution in [2.75, 3.05) is 19.7 Å². The van der Waals surface area contributed by atoms with E-state index in [4.69, 9.17) is 9.26 Å². The molecule has 1 aromatic heterocycles. The van der Waals surface area contributed by atoms with Crippen molar-refractivity contribution in [1.29, 1.82) is 0 Å². The first-order chi connectivity index (χ1) is 11.0. The van der Waals surface area contributed by atoms with Gasteiger partial charge in [0.05, 0.1) is 5.92 Å². The summed E-state index contributed by atoms with van der Waals surface area (Å²) in [5, 5.41) is 3.74. The number of rotatable bonds is 4. The molecule has 0 N–H and O–H groups in total. The highest BCUT2D eigenvalue weighted by Gasteiger charge is 2.31. The van der Waals surface area contributed by atoms with Crippen LogP contribution in [-0.4, -0.2) is 40.6 Å². The van der Waals surface area contributed by atoms with Gasteiger partial charge in [0.15, 0.2) is 24.0 Å². The van der Waals surface area contributed by atoms with E-state index >= 15 is 0 Å². The maximum atomic E-state index is 13.4. The predicted octanol–water partition coefficient (Wildman–Crippen LogP) is 2.05. The van der Waals surface area contributed by atoms with Gasteiger partial charge >= 0.3 is 0 Å². The summed E-state index contributed by atoms with van der Waals surface area (Å²) in [5.74, 6) is -0.877. The Morgan fingerprint density at radius 1 is 1.48 bits per heavy atom. The van der Waals surface area contributed by atoms with Crippen molar-refractivity contribution in [3.05, 3.63) is 41.5 Å². The second kappa shape index (κ2) is 6.31. The van der Waals surface area contributed by atoms with E-state index in [0.29, 0.717) is 30.9 Å². The lowest BCUT2D eigenvalue weighted by Gasteiger charge is -2.16. The molecule has 0 aliphatic carbocycles. The average molecular weight is 323 g/mol. The van der Waals surface area contributed by atoms with Crippen LogP contribution in [0.5, 0.6) is 5.75 Å². The predicted molar refractivity (Wildman–Crippen MR) is 74.8 cm³/mol. The Morgan fingerprint density at radius 3 is 3.00 bits per heavy atom. The minimum atomic E-state index is -0.835. The van der Waals surface area contributed by atoms with Gasteiger partial charge in [0.25, 0.3) is 5.91 Å². The Kier molecular flexibility index (Phi) is 4.22. The van der Waals surface area contributed by atoms with Crippen LogP contribution >= 0.6 is 0 Å². The lowest BCUT2D eigenvalue weighted by molar-refractivity contribution is -0.132. The molecule has 122 valence electrons. The zero-order valence-corrected chi connectivity index (χ0v) is 12.5. The van der Waals surface area contributed by atoms with Crippen molar-refractivity contribution in [1.82, 2.24) is 15.0 Å². The number of ether oxygens (including phenoxy) is 1. The number of hydrogen-bond acceptors (Lipinski definition) is 5. The molecular weight excluding hydrogens is 308 g/mol. The number of halogens is 2. The molecule has 1 amide bonds. The van der Waals surface area contributed by atoms with E-state index < -0.39 is 11.6 Å². The molecule has 0 radical (unpaired) electrons. The normalized spacial score (nSPS) is 17.5. The molecule has 0 spiro atoms. The van der Waals surface area contributed by atoms with Crippen molar-refractivity contribution in [2.24, 2.45) is 0 Å². The Bertz CT molecular complexity index is 720. The Morgan fingerprint density at radius 2 is 2.30 bits per heavy atom. The van der Waals surface area contributed by atoms with Crippen LogP contribution in [0.25, 0.3) is 0 Å². The van der Waals surface area contributed by atoms with E-state index in [1.165, 1.54) is 0 Å². The molecule has 3 rings (SSSR count).